The summed E-state index contributed by atoms with van der Waals surface area (Å²) in [6, 6.07) is 5.19. The van der Waals surface area contributed by atoms with Crippen LogP contribution in [-0.2, 0) is 0 Å². The number of allylic oxidation sites excluding steroid dienone is 1. The van der Waals surface area contributed by atoms with Gasteiger partial charge in [0.15, 0.2) is 0 Å². The molecule has 1 aromatic rings. The molecule has 1 aromatic heterocycles. The van der Waals surface area contributed by atoms with Crippen LogP contribution in [0.3, 0.4) is 0 Å². The number of aromatic nitrogens is 1. The van der Waals surface area contributed by atoms with E-state index in [1.807, 2.05) is 12.3 Å². The van der Waals surface area contributed by atoms with Gasteiger partial charge >= 0.3 is 0 Å². The van der Waals surface area contributed by atoms with E-state index in [0.29, 0.717) is 11.2 Å². The van der Waals surface area contributed by atoms with Crippen molar-refractivity contribution in [2.45, 2.75) is 37.8 Å². The standard InChI is InChI=1S/C13H15ClN2/c14-13-7-4-9(8-15-13)11-3-1-2-10-5-6-12(11)16-10/h3-4,7-8,10,12,16H,1-2,5-6H2/t10-,12+/m0/s1. The first-order valence-electron chi connectivity index (χ1n) is 5.91. The molecule has 16 heavy (non-hydrogen) atoms. The lowest BCUT2D eigenvalue weighted by Gasteiger charge is -2.15. The molecule has 1 fully saturated rings. The number of halogens is 1. The summed E-state index contributed by atoms with van der Waals surface area (Å²) in [5.74, 6) is 0. The first-order chi connectivity index (χ1) is 7.83. The molecule has 0 radical (unpaired) electrons. The van der Waals surface area contributed by atoms with Crippen LogP contribution in [0.4, 0.5) is 0 Å². The molecule has 3 heterocycles. The van der Waals surface area contributed by atoms with Gasteiger partial charge in [-0.05, 0) is 42.9 Å². The predicted molar refractivity (Wildman–Crippen MR) is 66.4 cm³/mol. The maximum absolute atomic E-state index is 5.82. The third-order valence-corrected chi connectivity index (χ3v) is 3.78. The van der Waals surface area contributed by atoms with Crippen LogP contribution in [0, 0.1) is 0 Å². The SMILES string of the molecule is Clc1ccc(C2=CCC[C@H]3CC[C@H]2N3)cn1. The van der Waals surface area contributed by atoms with Gasteiger partial charge in [-0.2, -0.15) is 0 Å². The van der Waals surface area contributed by atoms with Crippen molar-refractivity contribution in [2.75, 3.05) is 0 Å². The molecule has 0 aliphatic carbocycles. The largest absolute Gasteiger partial charge is 0.307 e. The Hall–Kier alpha value is -0.860. The highest BCUT2D eigenvalue weighted by atomic mass is 35.5. The van der Waals surface area contributed by atoms with Gasteiger partial charge < -0.3 is 5.32 Å². The van der Waals surface area contributed by atoms with Gasteiger partial charge in [-0.15, -0.1) is 0 Å². The molecule has 0 spiro atoms. The highest BCUT2D eigenvalue weighted by molar-refractivity contribution is 6.29. The molecule has 0 amide bonds. The fourth-order valence-electron chi connectivity index (χ4n) is 2.74. The van der Waals surface area contributed by atoms with Crippen molar-refractivity contribution >= 4 is 17.2 Å². The minimum atomic E-state index is 0.524. The Labute approximate surface area is 101 Å². The zero-order chi connectivity index (χ0) is 11.0. The third kappa shape index (κ3) is 1.87. The van der Waals surface area contributed by atoms with Crippen molar-refractivity contribution in [1.29, 1.82) is 0 Å². The normalized spacial score (nSPS) is 28.7. The second-order valence-electron chi connectivity index (χ2n) is 4.60. The molecule has 84 valence electrons. The van der Waals surface area contributed by atoms with Crippen molar-refractivity contribution < 1.29 is 0 Å². The van der Waals surface area contributed by atoms with Gasteiger partial charge in [0.05, 0.1) is 0 Å². The number of nitrogens with one attached hydrogen (secondary N) is 1. The fourth-order valence-corrected chi connectivity index (χ4v) is 2.85. The Balaban J connectivity index is 1.92. The van der Waals surface area contributed by atoms with Crippen LogP contribution in [0.5, 0.6) is 0 Å². The first-order valence-corrected chi connectivity index (χ1v) is 6.29. The minimum absolute atomic E-state index is 0.524. The minimum Gasteiger partial charge on any atom is -0.307 e. The summed E-state index contributed by atoms with van der Waals surface area (Å²) in [4.78, 5) is 4.16. The number of hydrogen-bond acceptors (Lipinski definition) is 2. The quantitative estimate of drug-likeness (QED) is 0.756. The van der Waals surface area contributed by atoms with Gasteiger partial charge in [0.2, 0.25) is 0 Å². The highest BCUT2D eigenvalue weighted by Gasteiger charge is 2.28. The highest BCUT2D eigenvalue weighted by Crippen LogP contribution is 2.31. The summed E-state index contributed by atoms with van der Waals surface area (Å²) in [7, 11) is 0. The Morgan fingerprint density at radius 1 is 1.25 bits per heavy atom. The summed E-state index contributed by atoms with van der Waals surface area (Å²) >= 11 is 5.82. The van der Waals surface area contributed by atoms with E-state index >= 15 is 0 Å². The average molecular weight is 235 g/mol. The fraction of sp³-hybridized carbons (Fsp3) is 0.462. The first kappa shape index (κ1) is 10.3. The molecule has 2 atom stereocenters. The number of pyridine rings is 1. The van der Waals surface area contributed by atoms with E-state index in [0.717, 1.165) is 6.04 Å². The molecule has 2 aliphatic heterocycles. The summed E-state index contributed by atoms with van der Waals surface area (Å²) in [5, 5.41) is 4.25. The van der Waals surface area contributed by atoms with Crippen molar-refractivity contribution in [1.82, 2.24) is 10.3 Å². The van der Waals surface area contributed by atoms with Crippen molar-refractivity contribution in [3.8, 4) is 0 Å². The van der Waals surface area contributed by atoms with Crippen molar-refractivity contribution in [3.05, 3.63) is 35.1 Å². The van der Waals surface area contributed by atoms with Crippen molar-refractivity contribution in [3.63, 3.8) is 0 Å². The maximum Gasteiger partial charge on any atom is 0.129 e. The second kappa shape index (κ2) is 4.19. The van der Waals surface area contributed by atoms with Crippen molar-refractivity contribution in [2.24, 2.45) is 0 Å². The molecular weight excluding hydrogens is 220 g/mol. The molecule has 0 unspecified atom stereocenters. The van der Waals surface area contributed by atoms with Crippen LogP contribution in [0.1, 0.15) is 31.2 Å². The molecule has 2 nitrogen and oxygen atoms in total. The molecule has 3 rings (SSSR count). The van der Waals surface area contributed by atoms with E-state index in [1.165, 1.54) is 36.8 Å². The lowest BCUT2D eigenvalue weighted by atomic mass is 9.95. The maximum atomic E-state index is 5.82. The van der Waals surface area contributed by atoms with E-state index in [1.54, 1.807) is 0 Å². The number of hydrogen-bond donors (Lipinski definition) is 1. The van der Waals surface area contributed by atoms with Gasteiger partial charge in [-0.3, -0.25) is 0 Å². The Morgan fingerprint density at radius 3 is 3.00 bits per heavy atom. The number of fused-ring (bicyclic) bond motifs is 2. The summed E-state index contributed by atoms with van der Waals surface area (Å²) in [6.45, 7) is 0. The van der Waals surface area contributed by atoms with Crippen LogP contribution in [-0.4, -0.2) is 17.1 Å². The van der Waals surface area contributed by atoms with Crippen LogP contribution in [0.2, 0.25) is 5.15 Å². The van der Waals surface area contributed by atoms with Gasteiger partial charge in [-0.25, -0.2) is 4.98 Å². The second-order valence-corrected chi connectivity index (χ2v) is 4.99. The number of rotatable bonds is 1. The lowest BCUT2D eigenvalue weighted by molar-refractivity contribution is 0.559. The molecular formula is C13H15ClN2. The zero-order valence-corrected chi connectivity index (χ0v) is 9.87. The van der Waals surface area contributed by atoms with Gasteiger partial charge in [0, 0.05) is 18.3 Å². The molecule has 3 heteroatoms. The zero-order valence-electron chi connectivity index (χ0n) is 9.12. The predicted octanol–water partition coefficient (Wildman–Crippen LogP) is 3.03. The van der Waals surface area contributed by atoms with E-state index < -0.39 is 0 Å². The topological polar surface area (TPSA) is 24.9 Å². The Bertz CT molecular complexity index is 410. The number of nitrogens with zero attached hydrogens (tertiary/aromatic N) is 1. The van der Waals surface area contributed by atoms with Crippen LogP contribution >= 0.6 is 11.6 Å². The molecule has 1 N–H and O–H groups in total. The lowest BCUT2D eigenvalue weighted by Crippen LogP contribution is -2.28. The molecule has 2 aliphatic rings. The average Bonchev–Trinajstić information content (AvgIpc) is 2.63. The molecule has 0 aromatic carbocycles. The third-order valence-electron chi connectivity index (χ3n) is 3.56. The Kier molecular flexibility index (Phi) is 2.70. The van der Waals surface area contributed by atoms with E-state index in [-0.39, 0.29) is 0 Å². The summed E-state index contributed by atoms with van der Waals surface area (Å²) in [5.41, 5.74) is 2.62. The summed E-state index contributed by atoms with van der Waals surface area (Å²) < 4.78 is 0. The monoisotopic (exact) mass is 234 g/mol. The smallest absolute Gasteiger partial charge is 0.129 e. The van der Waals surface area contributed by atoms with Gasteiger partial charge in [0.1, 0.15) is 5.15 Å². The Morgan fingerprint density at radius 2 is 2.19 bits per heavy atom. The van der Waals surface area contributed by atoms with Gasteiger partial charge in [0.25, 0.3) is 0 Å². The van der Waals surface area contributed by atoms with E-state index in [2.05, 4.69) is 22.4 Å². The molecule has 2 bridgehead atoms. The van der Waals surface area contributed by atoms with E-state index in [4.69, 9.17) is 11.6 Å². The summed E-state index contributed by atoms with van der Waals surface area (Å²) in [6.07, 6.45) is 9.24. The van der Waals surface area contributed by atoms with Crippen LogP contribution < -0.4 is 5.32 Å². The van der Waals surface area contributed by atoms with Crippen LogP contribution in [0.15, 0.2) is 24.4 Å². The molecule has 0 saturated carbocycles. The van der Waals surface area contributed by atoms with Gasteiger partial charge in [-0.1, -0.05) is 23.7 Å². The van der Waals surface area contributed by atoms with E-state index in [9.17, 15) is 0 Å². The van der Waals surface area contributed by atoms with Crippen LogP contribution in [0.25, 0.3) is 5.57 Å². The molecule has 1 saturated heterocycles.